The minimum absolute atomic E-state index is 0.0322. The van der Waals surface area contributed by atoms with Crippen molar-refractivity contribution >= 4 is 52.3 Å². The maximum Gasteiger partial charge on any atom is 0.255 e. The molecule has 3 rings (SSSR count). The van der Waals surface area contributed by atoms with Crippen LogP contribution in [0.25, 0.3) is 0 Å². The number of rotatable bonds is 6. The third-order valence-corrected chi connectivity index (χ3v) is 5.19. The molecule has 0 aromatic heterocycles. The largest absolute Gasteiger partial charge is 0.368 e. The van der Waals surface area contributed by atoms with Crippen LogP contribution in [0.15, 0.2) is 24.3 Å². The fourth-order valence-electron chi connectivity index (χ4n) is 2.91. The highest BCUT2D eigenvalue weighted by molar-refractivity contribution is 7.98. The number of anilines is 2. The van der Waals surface area contributed by atoms with Crippen LogP contribution in [0.3, 0.4) is 0 Å². The monoisotopic (exact) mass is 379 g/mol. The number of nitrogens with one attached hydrogen (secondary N) is 2. The molecule has 2 N–H and O–H groups in total. The first-order valence-electron chi connectivity index (χ1n) is 8.26. The summed E-state index contributed by atoms with van der Waals surface area (Å²) in [5.41, 5.74) is 1.37. The topological polar surface area (TPSA) is 70.7 Å². The van der Waals surface area contributed by atoms with Crippen LogP contribution in [0.1, 0.15) is 19.3 Å². The zero-order valence-corrected chi connectivity index (χ0v) is 15.6. The van der Waals surface area contributed by atoms with E-state index in [1.165, 1.54) is 4.90 Å². The Bertz CT molecular complexity index is 660. The van der Waals surface area contributed by atoms with Gasteiger partial charge in [-0.25, -0.2) is 0 Å². The van der Waals surface area contributed by atoms with Crippen LogP contribution in [-0.4, -0.2) is 47.7 Å². The van der Waals surface area contributed by atoms with E-state index in [9.17, 15) is 9.59 Å². The normalized spacial score (nSPS) is 23.0. The lowest BCUT2D eigenvalue weighted by molar-refractivity contribution is -0.124. The molecule has 0 radical (unpaired) electrons. The van der Waals surface area contributed by atoms with Crippen molar-refractivity contribution in [2.75, 3.05) is 28.8 Å². The molecule has 0 aliphatic carbocycles. The Labute approximate surface area is 156 Å². The molecule has 0 bridgehead atoms. The van der Waals surface area contributed by atoms with Crippen LogP contribution < -0.4 is 15.5 Å². The van der Waals surface area contributed by atoms with Gasteiger partial charge in [-0.3, -0.25) is 14.5 Å². The first kappa shape index (κ1) is 18.2. The Kier molecular flexibility index (Phi) is 5.93. The molecule has 1 aromatic carbocycles. The second kappa shape index (κ2) is 8.16. The number of hydrogen-bond acceptors (Lipinski definition) is 5. The van der Waals surface area contributed by atoms with Crippen molar-refractivity contribution in [2.45, 2.75) is 31.4 Å². The maximum atomic E-state index is 12.5. The highest BCUT2D eigenvalue weighted by atomic mass is 32.2. The van der Waals surface area contributed by atoms with Gasteiger partial charge in [0.15, 0.2) is 5.11 Å². The summed E-state index contributed by atoms with van der Waals surface area (Å²) in [4.78, 5) is 26.1. The summed E-state index contributed by atoms with van der Waals surface area (Å²) in [6.07, 6.45) is 4.05. The summed E-state index contributed by atoms with van der Waals surface area (Å²) in [5.74, 6) is 0.737. The molecule has 134 valence electrons. The average Bonchev–Trinajstić information content (AvgIpc) is 3.23. The van der Waals surface area contributed by atoms with Crippen molar-refractivity contribution < 1.29 is 14.3 Å². The van der Waals surface area contributed by atoms with Crippen LogP contribution in [0, 0.1) is 0 Å². The van der Waals surface area contributed by atoms with Gasteiger partial charge in [0, 0.05) is 12.3 Å². The molecule has 25 heavy (non-hydrogen) atoms. The summed E-state index contributed by atoms with van der Waals surface area (Å²) in [5, 5.41) is 6.34. The highest BCUT2D eigenvalue weighted by Gasteiger charge is 2.35. The quantitative estimate of drug-likeness (QED) is 0.738. The maximum absolute atomic E-state index is 12.5. The van der Waals surface area contributed by atoms with E-state index in [2.05, 4.69) is 10.6 Å². The Morgan fingerprint density at radius 3 is 2.84 bits per heavy atom. The first-order valence-corrected chi connectivity index (χ1v) is 10.1. The molecule has 0 saturated carbocycles. The fraction of sp³-hybridized carbons (Fsp3) is 0.471. The van der Waals surface area contributed by atoms with Gasteiger partial charge in [0.05, 0.1) is 5.69 Å². The fourth-order valence-corrected chi connectivity index (χ4v) is 3.72. The Morgan fingerprint density at radius 2 is 2.20 bits per heavy atom. The SMILES string of the molecule is CSCCC1NC(=S)N(c2ccc(NC(=O)C3CCCO3)cc2)C1=O. The molecular weight excluding hydrogens is 358 g/mol. The summed E-state index contributed by atoms with van der Waals surface area (Å²) >= 11 is 7.01. The van der Waals surface area contributed by atoms with Gasteiger partial charge in [0.25, 0.3) is 11.8 Å². The number of hydrogen-bond donors (Lipinski definition) is 2. The van der Waals surface area contributed by atoms with Crippen molar-refractivity contribution in [3.8, 4) is 0 Å². The van der Waals surface area contributed by atoms with E-state index in [0.29, 0.717) is 23.1 Å². The summed E-state index contributed by atoms with van der Waals surface area (Å²) in [6, 6.07) is 6.85. The van der Waals surface area contributed by atoms with Crippen LogP contribution in [0.5, 0.6) is 0 Å². The second-order valence-electron chi connectivity index (χ2n) is 5.99. The van der Waals surface area contributed by atoms with Gasteiger partial charge < -0.3 is 15.4 Å². The molecule has 2 aliphatic rings. The molecule has 2 saturated heterocycles. The Balaban J connectivity index is 1.64. The number of carbonyl (C=O) groups excluding carboxylic acids is 2. The first-order chi connectivity index (χ1) is 12.1. The number of benzene rings is 1. The van der Waals surface area contributed by atoms with E-state index in [0.717, 1.165) is 25.0 Å². The molecule has 2 atom stereocenters. The van der Waals surface area contributed by atoms with Crippen LogP contribution in [0.4, 0.5) is 11.4 Å². The summed E-state index contributed by atoms with van der Waals surface area (Å²) in [7, 11) is 0. The van der Waals surface area contributed by atoms with E-state index in [4.69, 9.17) is 17.0 Å². The zero-order chi connectivity index (χ0) is 17.8. The van der Waals surface area contributed by atoms with E-state index in [-0.39, 0.29) is 24.0 Å². The second-order valence-corrected chi connectivity index (χ2v) is 7.37. The van der Waals surface area contributed by atoms with Gasteiger partial charge >= 0.3 is 0 Å². The molecule has 6 nitrogen and oxygen atoms in total. The summed E-state index contributed by atoms with van der Waals surface area (Å²) < 4.78 is 5.37. The van der Waals surface area contributed by atoms with Crippen molar-refractivity contribution in [1.82, 2.24) is 5.32 Å². The lowest BCUT2D eigenvalue weighted by atomic mass is 10.2. The molecule has 2 amide bonds. The van der Waals surface area contributed by atoms with E-state index in [1.54, 1.807) is 36.0 Å². The van der Waals surface area contributed by atoms with Gasteiger partial charge in [0.1, 0.15) is 12.1 Å². The number of carbonyl (C=O) groups is 2. The summed E-state index contributed by atoms with van der Waals surface area (Å²) in [6.45, 7) is 0.635. The lowest BCUT2D eigenvalue weighted by Crippen LogP contribution is -2.31. The van der Waals surface area contributed by atoms with Crippen molar-refractivity contribution in [3.05, 3.63) is 24.3 Å². The average molecular weight is 380 g/mol. The molecule has 8 heteroatoms. The highest BCUT2D eigenvalue weighted by Crippen LogP contribution is 2.24. The van der Waals surface area contributed by atoms with Crippen molar-refractivity contribution in [1.29, 1.82) is 0 Å². The molecule has 2 unspecified atom stereocenters. The predicted molar refractivity (Wildman–Crippen MR) is 104 cm³/mol. The number of thiocarbonyl (C=S) groups is 1. The molecule has 1 aromatic rings. The standard InChI is InChI=1S/C17H21N3O3S2/c1-25-10-8-13-16(22)20(17(24)19-13)12-6-4-11(5-7-12)18-15(21)14-3-2-9-23-14/h4-7,13-14H,2-3,8-10H2,1H3,(H,18,21)(H,19,24). The van der Waals surface area contributed by atoms with Gasteiger partial charge in [-0.2, -0.15) is 11.8 Å². The van der Waals surface area contributed by atoms with Crippen molar-refractivity contribution in [3.63, 3.8) is 0 Å². The molecule has 2 heterocycles. The van der Waals surface area contributed by atoms with E-state index in [1.807, 2.05) is 6.26 Å². The van der Waals surface area contributed by atoms with Gasteiger partial charge in [-0.05, 0) is 67.8 Å². The molecular formula is C17H21N3O3S2. The third kappa shape index (κ3) is 4.13. The zero-order valence-electron chi connectivity index (χ0n) is 14.0. The number of amides is 2. The minimum atomic E-state index is -0.367. The third-order valence-electron chi connectivity index (χ3n) is 4.25. The number of nitrogens with zero attached hydrogens (tertiary/aromatic N) is 1. The van der Waals surface area contributed by atoms with Crippen LogP contribution in [0.2, 0.25) is 0 Å². The van der Waals surface area contributed by atoms with Gasteiger partial charge in [0.2, 0.25) is 0 Å². The minimum Gasteiger partial charge on any atom is -0.368 e. The van der Waals surface area contributed by atoms with Crippen LogP contribution in [-0.2, 0) is 14.3 Å². The predicted octanol–water partition coefficient (Wildman–Crippen LogP) is 2.15. The molecule has 2 aliphatic heterocycles. The number of thioether (sulfide) groups is 1. The Hall–Kier alpha value is -1.64. The lowest BCUT2D eigenvalue weighted by Gasteiger charge is -2.16. The smallest absolute Gasteiger partial charge is 0.255 e. The van der Waals surface area contributed by atoms with Gasteiger partial charge in [-0.15, -0.1) is 0 Å². The van der Waals surface area contributed by atoms with E-state index < -0.39 is 0 Å². The van der Waals surface area contributed by atoms with Crippen LogP contribution >= 0.6 is 24.0 Å². The molecule has 2 fully saturated rings. The van der Waals surface area contributed by atoms with Gasteiger partial charge in [-0.1, -0.05) is 0 Å². The Morgan fingerprint density at radius 1 is 1.44 bits per heavy atom. The van der Waals surface area contributed by atoms with Crippen molar-refractivity contribution in [2.24, 2.45) is 0 Å². The number of ether oxygens (including phenoxy) is 1. The van der Waals surface area contributed by atoms with E-state index >= 15 is 0 Å². The molecule has 0 spiro atoms.